The monoisotopic (exact) mass is 516 g/mol. The largest absolute Gasteiger partial charge is 0.416 e. The van der Waals surface area contributed by atoms with Crippen LogP contribution in [-0.2, 0) is 19.3 Å². The van der Waals surface area contributed by atoms with Crippen LogP contribution >= 0.6 is 24.0 Å². The van der Waals surface area contributed by atoms with E-state index in [4.69, 9.17) is 4.52 Å². The molecule has 2 aromatic carbocycles. The molecule has 0 radical (unpaired) electrons. The first-order valence-electron chi connectivity index (χ1n) is 8.57. The van der Waals surface area contributed by atoms with E-state index in [2.05, 4.69) is 20.8 Å². The van der Waals surface area contributed by atoms with E-state index in [9.17, 15) is 13.2 Å². The van der Waals surface area contributed by atoms with E-state index in [-0.39, 0.29) is 24.0 Å². The predicted molar refractivity (Wildman–Crippen MR) is 116 cm³/mol. The van der Waals surface area contributed by atoms with Crippen LogP contribution in [0.25, 0.3) is 11.3 Å². The molecule has 0 aliphatic carbocycles. The minimum absolute atomic E-state index is 0. The van der Waals surface area contributed by atoms with Crippen molar-refractivity contribution in [3.05, 3.63) is 77.5 Å². The third-order valence-corrected chi connectivity index (χ3v) is 4.02. The second-order valence-corrected chi connectivity index (χ2v) is 6.02. The fourth-order valence-corrected chi connectivity index (χ4v) is 2.53. The van der Waals surface area contributed by atoms with Gasteiger partial charge in [-0.1, -0.05) is 47.6 Å². The van der Waals surface area contributed by atoms with Gasteiger partial charge in [-0.2, -0.15) is 13.2 Å². The van der Waals surface area contributed by atoms with Crippen molar-refractivity contribution < 1.29 is 17.7 Å². The van der Waals surface area contributed by atoms with Crippen LogP contribution in [0.1, 0.15) is 16.8 Å². The first-order valence-corrected chi connectivity index (χ1v) is 8.57. The number of aliphatic imine (C=N–C) groups is 1. The lowest BCUT2D eigenvalue weighted by atomic mass is 10.1. The van der Waals surface area contributed by atoms with Crippen LogP contribution in [-0.4, -0.2) is 18.2 Å². The number of aromatic nitrogens is 1. The number of rotatable bonds is 5. The first kappa shape index (κ1) is 22.7. The molecule has 29 heavy (non-hydrogen) atoms. The lowest BCUT2D eigenvalue weighted by Crippen LogP contribution is -2.36. The molecule has 3 aromatic rings. The summed E-state index contributed by atoms with van der Waals surface area (Å²) >= 11 is 0. The van der Waals surface area contributed by atoms with Gasteiger partial charge < -0.3 is 15.2 Å². The van der Waals surface area contributed by atoms with Crippen LogP contribution in [0.15, 0.2) is 70.2 Å². The van der Waals surface area contributed by atoms with Crippen molar-refractivity contribution in [3.63, 3.8) is 0 Å². The summed E-state index contributed by atoms with van der Waals surface area (Å²) in [4.78, 5) is 4.10. The number of halogens is 4. The van der Waals surface area contributed by atoms with Gasteiger partial charge in [0.05, 0.1) is 12.1 Å². The Bertz CT molecular complexity index is 925. The summed E-state index contributed by atoms with van der Waals surface area (Å²) in [6, 6.07) is 16.5. The van der Waals surface area contributed by atoms with Gasteiger partial charge in [0.15, 0.2) is 11.7 Å². The number of alkyl halides is 3. The molecule has 154 valence electrons. The van der Waals surface area contributed by atoms with Crippen LogP contribution in [0.2, 0.25) is 0 Å². The summed E-state index contributed by atoms with van der Waals surface area (Å²) < 4.78 is 43.1. The van der Waals surface area contributed by atoms with Crippen LogP contribution < -0.4 is 10.6 Å². The highest BCUT2D eigenvalue weighted by atomic mass is 127. The van der Waals surface area contributed by atoms with Gasteiger partial charge in [0.1, 0.15) is 5.69 Å². The number of nitrogens with zero attached hydrogens (tertiary/aromatic N) is 2. The maximum absolute atomic E-state index is 12.6. The molecule has 2 N–H and O–H groups in total. The second-order valence-electron chi connectivity index (χ2n) is 6.02. The number of guanidine groups is 1. The van der Waals surface area contributed by atoms with Gasteiger partial charge in [0.2, 0.25) is 0 Å². The van der Waals surface area contributed by atoms with Crippen molar-refractivity contribution >= 4 is 29.9 Å². The van der Waals surface area contributed by atoms with E-state index < -0.39 is 11.7 Å². The average Bonchev–Trinajstić information content (AvgIpc) is 3.17. The molecule has 9 heteroatoms. The Kier molecular flexibility index (Phi) is 8.06. The number of nitrogens with one attached hydrogen (secondary N) is 2. The zero-order valence-electron chi connectivity index (χ0n) is 15.5. The Balaban J connectivity index is 0.00000300. The number of benzene rings is 2. The topological polar surface area (TPSA) is 62.5 Å². The molecule has 0 aliphatic heterocycles. The van der Waals surface area contributed by atoms with Gasteiger partial charge in [-0.3, -0.25) is 4.99 Å². The normalized spacial score (nSPS) is 11.7. The third kappa shape index (κ3) is 6.48. The molecule has 3 rings (SSSR count). The Labute approximate surface area is 183 Å². The third-order valence-electron chi connectivity index (χ3n) is 4.02. The minimum Gasteiger partial charge on any atom is -0.356 e. The molecular weight excluding hydrogens is 496 g/mol. The van der Waals surface area contributed by atoms with E-state index >= 15 is 0 Å². The zero-order valence-corrected chi connectivity index (χ0v) is 17.9. The number of hydrogen-bond acceptors (Lipinski definition) is 3. The van der Waals surface area contributed by atoms with Crippen molar-refractivity contribution in [2.24, 2.45) is 4.99 Å². The molecule has 0 saturated carbocycles. The highest BCUT2D eigenvalue weighted by Gasteiger charge is 2.29. The second kappa shape index (κ2) is 10.3. The van der Waals surface area contributed by atoms with Gasteiger partial charge >= 0.3 is 6.18 Å². The van der Waals surface area contributed by atoms with Gasteiger partial charge in [-0.05, 0) is 17.7 Å². The Morgan fingerprint density at radius 1 is 1.00 bits per heavy atom. The van der Waals surface area contributed by atoms with Gasteiger partial charge in [-0.25, -0.2) is 0 Å². The summed E-state index contributed by atoms with van der Waals surface area (Å²) in [5, 5.41) is 10.2. The maximum atomic E-state index is 12.6. The predicted octanol–water partition coefficient (Wildman–Crippen LogP) is 4.84. The molecule has 0 bridgehead atoms. The summed E-state index contributed by atoms with van der Waals surface area (Å²) in [5.41, 5.74) is 1.69. The van der Waals surface area contributed by atoms with Crippen molar-refractivity contribution in [1.82, 2.24) is 15.8 Å². The molecule has 5 nitrogen and oxygen atoms in total. The van der Waals surface area contributed by atoms with Crippen molar-refractivity contribution in [3.8, 4) is 11.3 Å². The summed E-state index contributed by atoms with van der Waals surface area (Å²) in [5.74, 6) is 1.18. The van der Waals surface area contributed by atoms with Crippen LogP contribution in [0.4, 0.5) is 13.2 Å². The van der Waals surface area contributed by atoms with Crippen LogP contribution in [0, 0.1) is 0 Å². The molecule has 1 aromatic heterocycles. The van der Waals surface area contributed by atoms with Crippen molar-refractivity contribution in [2.75, 3.05) is 7.05 Å². The Morgan fingerprint density at radius 2 is 1.66 bits per heavy atom. The maximum Gasteiger partial charge on any atom is 0.416 e. The van der Waals surface area contributed by atoms with Gasteiger partial charge in [0.25, 0.3) is 0 Å². The molecule has 0 saturated heterocycles. The standard InChI is InChI=1S/C20H19F3N4O.HI/c1-24-19(25-12-14-7-9-16(10-8-14)20(21,22)23)26-13-17-11-18(28-27-17)15-5-3-2-4-6-15;/h2-11H,12-13H2,1H3,(H2,24,25,26);1H. The quantitative estimate of drug-likeness (QED) is 0.290. The lowest BCUT2D eigenvalue weighted by molar-refractivity contribution is -0.137. The van der Waals surface area contributed by atoms with E-state index in [1.807, 2.05) is 36.4 Å². The van der Waals surface area contributed by atoms with E-state index in [0.717, 1.165) is 17.7 Å². The molecular formula is C20H20F3IN4O. The molecule has 0 unspecified atom stereocenters. The van der Waals surface area contributed by atoms with E-state index in [0.29, 0.717) is 36.1 Å². The molecule has 0 amide bonds. The summed E-state index contributed by atoms with van der Waals surface area (Å²) in [7, 11) is 1.61. The molecule has 1 heterocycles. The van der Waals surface area contributed by atoms with Crippen molar-refractivity contribution in [2.45, 2.75) is 19.3 Å². The Hall–Kier alpha value is -2.56. The van der Waals surface area contributed by atoms with Crippen molar-refractivity contribution in [1.29, 1.82) is 0 Å². The lowest BCUT2D eigenvalue weighted by Gasteiger charge is -2.12. The number of hydrogen-bond donors (Lipinski definition) is 2. The fourth-order valence-electron chi connectivity index (χ4n) is 2.53. The Morgan fingerprint density at radius 3 is 2.28 bits per heavy atom. The van der Waals surface area contributed by atoms with E-state index in [1.165, 1.54) is 12.1 Å². The SMILES string of the molecule is CN=C(NCc1ccc(C(F)(F)F)cc1)NCc1cc(-c2ccccc2)on1.I. The fraction of sp³-hybridized carbons (Fsp3) is 0.200. The first-order chi connectivity index (χ1) is 13.5. The van der Waals surface area contributed by atoms with Crippen LogP contribution in [0.5, 0.6) is 0 Å². The molecule has 0 atom stereocenters. The highest BCUT2D eigenvalue weighted by Crippen LogP contribution is 2.29. The van der Waals surface area contributed by atoms with E-state index in [1.54, 1.807) is 7.05 Å². The minimum atomic E-state index is -4.33. The highest BCUT2D eigenvalue weighted by molar-refractivity contribution is 14.0. The van der Waals surface area contributed by atoms with Gasteiger partial charge in [-0.15, -0.1) is 24.0 Å². The summed E-state index contributed by atoms with van der Waals surface area (Å²) in [6.45, 7) is 0.731. The molecule has 0 spiro atoms. The smallest absolute Gasteiger partial charge is 0.356 e. The van der Waals surface area contributed by atoms with Crippen LogP contribution in [0.3, 0.4) is 0 Å². The molecule has 0 fully saturated rings. The molecule has 0 aliphatic rings. The van der Waals surface area contributed by atoms with Gasteiger partial charge in [0, 0.05) is 25.2 Å². The zero-order chi connectivity index (χ0) is 20.0. The summed E-state index contributed by atoms with van der Waals surface area (Å²) in [6.07, 6.45) is -4.33. The average molecular weight is 516 g/mol.